The average molecular weight is 265 g/mol. The van der Waals surface area contributed by atoms with E-state index in [4.69, 9.17) is 10.5 Å². The first-order valence-corrected chi connectivity index (χ1v) is 6.33. The molecule has 7 heteroatoms. The third kappa shape index (κ3) is 2.86. The van der Waals surface area contributed by atoms with Crippen molar-refractivity contribution in [3.63, 3.8) is 0 Å². The quantitative estimate of drug-likeness (QED) is 0.823. The summed E-state index contributed by atoms with van der Waals surface area (Å²) in [5.74, 6) is 0.791. The number of ether oxygens (including phenoxy) is 1. The molecule has 1 aromatic heterocycles. The van der Waals surface area contributed by atoms with E-state index in [1.807, 2.05) is 4.90 Å². The van der Waals surface area contributed by atoms with Gasteiger partial charge in [-0.1, -0.05) is 0 Å². The number of aromatic nitrogens is 2. The molecule has 0 bridgehead atoms. The zero-order valence-electron chi connectivity index (χ0n) is 11.2. The third-order valence-electron chi connectivity index (χ3n) is 3.18. The zero-order valence-corrected chi connectivity index (χ0v) is 11.2. The summed E-state index contributed by atoms with van der Waals surface area (Å²) in [6.45, 7) is 3.45. The van der Waals surface area contributed by atoms with Gasteiger partial charge in [0.1, 0.15) is 18.1 Å². The molecule has 1 aliphatic heterocycles. The van der Waals surface area contributed by atoms with Crippen molar-refractivity contribution < 1.29 is 9.53 Å². The Morgan fingerprint density at radius 1 is 1.47 bits per heavy atom. The first kappa shape index (κ1) is 13.4. The molecule has 1 unspecified atom stereocenters. The van der Waals surface area contributed by atoms with Crippen LogP contribution in [0.4, 0.5) is 11.5 Å². The highest BCUT2D eigenvalue weighted by atomic mass is 16.5. The molecule has 0 aliphatic carbocycles. The first-order valence-electron chi connectivity index (χ1n) is 6.33. The maximum Gasteiger partial charge on any atom is 0.244 e. The molecule has 3 N–H and O–H groups in total. The van der Waals surface area contributed by atoms with Crippen molar-refractivity contribution >= 4 is 17.4 Å². The normalized spacial score (nSPS) is 16.2. The summed E-state index contributed by atoms with van der Waals surface area (Å²) >= 11 is 0. The van der Waals surface area contributed by atoms with Crippen LogP contribution in [0.3, 0.4) is 0 Å². The summed E-state index contributed by atoms with van der Waals surface area (Å²) in [7, 11) is 1.49. The van der Waals surface area contributed by atoms with Gasteiger partial charge in [-0.05, 0) is 19.8 Å². The van der Waals surface area contributed by atoms with Crippen molar-refractivity contribution in [2.24, 2.45) is 0 Å². The molecule has 104 valence electrons. The Morgan fingerprint density at radius 2 is 2.16 bits per heavy atom. The van der Waals surface area contributed by atoms with Gasteiger partial charge in [-0.2, -0.15) is 4.98 Å². The fourth-order valence-corrected chi connectivity index (χ4v) is 2.14. The monoisotopic (exact) mass is 265 g/mol. The summed E-state index contributed by atoms with van der Waals surface area (Å²) in [5, 5.41) is 3.01. The lowest BCUT2D eigenvalue weighted by Crippen LogP contribution is -2.39. The number of methoxy groups -OCH3 is 1. The van der Waals surface area contributed by atoms with Crippen molar-refractivity contribution in [2.45, 2.75) is 25.8 Å². The molecule has 7 nitrogen and oxygen atoms in total. The number of nitrogens with two attached hydrogens (primary N) is 1. The van der Waals surface area contributed by atoms with Gasteiger partial charge in [-0.25, -0.2) is 4.98 Å². The average Bonchev–Trinajstić information content (AvgIpc) is 2.94. The molecule has 0 spiro atoms. The molecule has 1 saturated heterocycles. The molecule has 1 fully saturated rings. The van der Waals surface area contributed by atoms with Gasteiger partial charge in [0, 0.05) is 13.1 Å². The predicted molar refractivity (Wildman–Crippen MR) is 71.9 cm³/mol. The molecular weight excluding hydrogens is 246 g/mol. The summed E-state index contributed by atoms with van der Waals surface area (Å²) in [5.41, 5.74) is 6.17. The standard InChI is InChI=1S/C12H19N5O2/c1-8(12(18)17-5-3-4-6-17)16-10-9(13)11(19-2)15-7-14-10/h7-8H,3-6,13H2,1-2H3,(H,14,15,16). The minimum absolute atomic E-state index is 0.0643. The topological polar surface area (TPSA) is 93.4 Å². The number of nitrogens with one attached hydrogen (secondary N) is 1. The summed E-state index contributed by atoms with van der Waals surface area (Å²) in [6, 6.07) is -0.375. The van der Waals surface area contributed by atoms with Crippen LogP contribution in [0.2, 0.25) is 0 Å². The number of nitrogens with zero attached hydrogens (tertiary/aromatic N) is 3. The molecule has 1 amide bonds. The van der Waals surface area contributed by atoms with E-state index in [2.05, 4.69) is 15.3 Å². The molecular formula is C12H19N5O2. The lowest BCUT2D eigenvalue weighted by molar-refractivity contribution is -0.130. The molecule has 1 atom stereocenters. The number of nitrogen functional groups attached to an aromatic ring is 1. The maximum absolute atomic E-state index is 12.2. The fourth-order valence-electron chi connectivity index (χ4n) is 2.14. The van der Waals surface area contributed by atoms with Gasteiger partial charge in [0.2, 0.25) is 11.8 Å². The van der Waals surface area contributed by atoms with E-state index >= 15 is 0 Å². The van der Waals surface area contributed by atoms with Crippen molar-refractivity contribution in [3.8, 4) is 5.88 Å². The Labute approximate surface area is 112 Å². The van der Waals surface area contributed by atoms with E-state index in [0.29, 0.717) is 17.4 Å². The Morgan fingerprint density at radius 3 is 2.79 bits per heavy atom. The number of carbonyl (C=O) groups excluding carboxylic acids is 1. The van der Waals surface area contributed by atoms with Crippen LogP contribution >= 0.6 is 0 Å². The Bertz CT molecular complexity index is 459. The van der Waals surface area contributed by atoms with E-state index in [9.17, 15) is 4.79 Å². The predicted octanol–water partition coefficient (Wildman–Crippen LogP) is 0.490. The molecule has 0 radical (unpaired) electrons. The number of anilines is 2. The van der Waals surface area contributed by atoms with Crippen LogP contribution in [0.5, 0.6) is 5.88 Å². The van der Waals surface area contributed by atoms with Gasteiger partial charge < -0.3 is 20.7 Å². The number of hydrogen-bond acceptors (Lipinski definition) is 6. The van der Waals surface area contributed by atoms with Gasteiger partial charge in [-0.3, -0.25) is 4.79 Å². The van der Waals surface area contributed by atoms with Crippen LogP contribution in [-0.2, 0) is 4.79 Å². The second kappa shape index (κ2) is 5.73. The molecule has 2 heterocycles. The van der Waals surface area contributed by atoms with Gasteiger partial charge in [0.05, 0.1) is 7.11 Å². The van der Waals surface area contributed by atoms with Crippen molar-refractivity contribution in [3.05, 3.63) is 6.33 Å². The minimum Gasteiger partial charge on any atom is -0.479 e. The van der Waals surface area contributed by atoms with Crippen LogP contribution in [-0.4, -0.2) is 47.0 Å². The lowest BCUT2D eigenvalue weighted by Gasteiger charge is -2.22. The minimum atomic E-state index is -0.375. The van der Waals surface area contributed by atoms with Crippen molar-refractivity contribution in [2.75, 3.05) is 31.2 Å². The van der Waals surface area contributed by atoms with Gasteiger partial charge in [0.25, 0.3) is 0 Å². The Kier molecular flexibility index (Phi) is 4.03. The van der Waals surface area contributed by atoms with Crippen LogP contribution in [0.1, 0.15) is 19.8 Å². The molecule has 0 saturated carbocycles. The summed E-state index contributed by atoms with van der Waals surface area (Å²) in [6.07, 6.45) is 3.49. The van der Waals surface area contributed by atoms with E-state index in [0.717, 1.165) is 25.9 Å². The van der Waals surface area contributed by atoms with Crippen molar-refractivity contribution in [1.82, 2.24) is 14.9 Å². The lowest BCUT2D eigenvalue weighted by atomic mass is 10.3. The van der Waals surface area contributed by atoms with Crippen LogP contribution in [0.25, 0.3) is 0 Å². The summed E-state index contributed by atoms with van der Waals surface area (Å²) < 4.78 is 5.02. The number of amides is 1. The highest BCUT2D eigenvalue weighted by molar-refractivity contribution is 5.85. The molecule has 19 heavy (non-hydrogen) atoms. The number of rotatable bonds is 4. The Balaban J connectivity index is 2.06. The number of likely N-dealkylation sites (tertiary alicyclic amines) is 1. The molecule has 0 aromatic carbocycles. The SMILES string of the molecule is COc1ncnc(NC(C)C(=O)N2CCCC2)c1N. The van der Waals surface area contributed by atoms with E-state index in [1.165, 1.54) is 13.4 Å². The zero-order chi connectivity index (χ0) is 13.8. The van der Waals surface area contributed by atoms with Gasteiger partial charge in [-0.15, -0.1) is 0 Å². The highest BCUT2D eigenvalue weighted by Crippen LogP contribution is 2.24. The van der Waals surface area contributed by atoms with Gasteiger partial charge in [0.15, 0.2) is 5.82 Å². The van der Waals surface area contributed by atoms with Crippen LogP contribution in [0, 0.1) is 0 Å². The smallest absolute Gasteiger partial charge is 0.244 e. The van der Waals surface area contributed by atoms with E-state index in [1.54, 1.807) is 6.92 Å². The highest BCUT2D eigenvalue weighted by Gasteiger charge is 2.24. The summed E-state index contributed by atoms with van der Waals surface area (Å²) in [4.78, 5) is 21.9. The molecule has 2 rings (SSSR count). The second-order valence-corrected chi connectivity index (χ2v) is 4.54. The van der Waals surface area contributed by atoms with Gasteiger partial charge >= 0.3 is 0 Å². The van der Waals surface area contributed by atoms with E-state index < -0.39 is 0 Å². The first-order chi connectivity index (χ1) is 9.13. The fraction of sp³-hybridized carbons (Fsp3) is 0.583. The second-order valence-electron chi connectivity index (χ2n) is 4.54. The number of hydrogen-bond donors (Lipinski definition) is 2. The number of carbonyl (C=O) groups is 1. The molecule has 1 aromatic rings. The van der Waals surface area contributed by atoms with Crippen LogP contribution in [0.15, 0.2) is 6.33 Å². The van der Waals surface area contributed by atoms with Crippen molar-refractivity contribution in [1.29, 1.82) is 0 Å². The van der Waals surface area contributed by atoms with E-state index in [-0.39, 0.29) is 11.9 Å². The third-order valence-corrected chi connectivity index (χ3v) is 3.18. The Hall–Kier alpha value is -2.05. The maximum atomic E-state index is 12.2. The molecule has 1 aliphatic rings. The largest absolute Gasteiger partial charge is 0.479 e. The van der Waals surface area contributed by atoms with Crippen LogP contribution < -0.4 is 15.8 Å².